The number of halogens is 4. The lowest BCUT2D eigenvalue weighted by molar-refractivity contribution is -0.141. The van der Waals surface area contributed by atoms with Gasteiger partial charge in [-0.2, -0.15) is 13.2 Å². The number of piperazine rings is 1. The van der Waals surface area contributed by atoms with Crippen LogP contribution in [0.25, 0.3) is 0 Å². The van der Waals surface area contributed by atoms with E-state index in [9.17, 15) is 13.2 Å². The van der Waals surface area contributed by atoms with Crippen molar-refractivity contribution < 1.29 is 13.2 Å². The van der Waals surface area contributed by atoms with Crippen LogP contribution < -0.4 is 9.80 Å². The molecule has 1 aliphatic rings. The summed E-state index contributed by atoms with van der Waals surface area (Å²) in [4.78, 5) is 19.7. The van der Waals surface area contributed by atoms with Gasteiger partial charge in [0, 0.05) is 44.8 Å². The lowest BCUT2D eigenvalue weighted by Gasteiger charge is -2.34. The molecular formula is C13H12BrF3N6. The summed E-state index contributed by atoms with van der Waals surface area (Å²) >= 11 is 3.27. The summed E-state index contributed by atoms with van der Waals surface area (Å²) < 4.78 is 38.9. The van der Waals surface area contributed by atoms with Crippen molar-refractivity contribution in [2.24, 2.45) is 0 Å². The van der Waals surface area contributed by atoms with E-state index in [4.69, 9.17) is 0 Å². The summed E-state index contributed by atoms with van der Waals surface area (Å²) in [5, 5.41) is 0. The van der Waals surface area contributed by atoms with Crippen LogP contribution in [0.4, 0.5) is 25.1 Å². The quantitative estimate of drug-likeness (QED) is 0.786. The molecule has 0 radical (unpaired) electrons. The van der Waals surface area contributed by atoms with Crippen LogP contribution >= 0.6 is 15.9 Å². The Morgan fingerprint density at radius 1 is 0.913 bits per heavy atom. The molecule has 0 amide bonds. The van der Waals surface area contributed by atoms with Crippen LogP contribution in [0.3, 0.4) is 0 Å². The highest BCUT2D eigenvalue weighted by atomic mass is 79.9. The molecule has 0 spiro atoms. The Kier molecular flexibility index (Phi) is 4.33. The van der Waals surface area contributed by atoms with Crippen molar-refractivity contribution in [3.8, 4) is 0 Å². The summed E-state index contributed by atoms with van der Waals surface area (Å²) in [6, 6.07) is 0.870. The lowest BCUT2D eigenvalue weighted by Crippen LogP contribution is -2.47. The molecule has 10 heteroatoms. The third kappa shape index (κ3) is 3.69. The van der Waals surface area contributed by atoms with Crippen molar-refractivity contribution in [1.29, 1.82) is 0 Å². The highest BCUT2D eigenvalue weighted by molar-refractivity contribution is 9.10. The highest BCUT2D eigenvalue weighted by Gasteiger charge is 2.33. The maximum atomic E-state index is 12.7. The van der Waals surface area contributed by atoms with Gasteiger partial charge in [0.15, 0.2) is 0 Å². The van der Waals surface area contributed by atoms with Crippen LogP contribution in [-0.4, -0.2) is 46.1 Å². The molecule has 1 saturated heterocycles. The zero-order valence-corrected chi connectivity index (χ0v) is 13.4. The van der Waals surface area contributed by atoms with Gasteiger partial charge in [-0.1, -0.05) is 0 Å². The molecule has 0 atom stereocenters. The van der Waals surface area contributed by atoms with Gasteiger partial charge >= 0.3 is 6.18 Å². The first-order valence-corrected chi connectivity index (χ1v) is 7.60. The molecule has 2 aromatic rings. The number of hydrogen-bond donors (Lipinski definition) is 0. The van der Waals surface area contributed by atoms with Crippen LogP contribution in [0.15, 0.2) is 29.1 Å². The summed E-state index contributed by atoms with van der Waals surface area (Å²) in [7, 11) is 0. The smallest absolute Gasteiger partial charge is 0.337 e. The van der Waals surface area contributed by atoms with Gasteiger partial charge in [0.1, 0.15) is 5.69 Å². The van der Waals surface area contributed by atoms with E-state index in [1.165, 1.54) is 0 Å². The molecule has 0 unspecified atom stereocenters. The number of anilines is 2. The van der Waals surface area contributed by atoms with Gasteiger partial charge in [-0.15, -0.1) is 0 Å². The molecule has 0 bridgehead atoms. The molecule has 1 fully saturated rings. The van der Waals surface area contributed by atoms with E-state index < -0.39 is 11.9 Å². The Morgan fingerprint density at radius 3 is 2.04 bits per heavy atom. The van der Waals surface area contributed by atoms with Crippen molar-refractivity contribution in [2.75, 3.05) is 36.0 Å². The number of alkyl halides is 3. The SMILES string of the molecule is FC(F)(F)c1ccnc(N2CCN(c3ncc(Br)cn3)CC2)n1. The summed E-state index contributed by atoms with van der Waals surface area (Å²) in [6.45, 7) is 2.17. The summed E-state index contributed by atoms with van der Waals surface area (Å²) in [5.41, 5.74) is -0.929. The fourth-order valence-electron chi connectivity index (χ4n) is 2.23. The van der Waals surface area contributed by atoms with Gasteiger partial charge in [0.2, 0.25) is 11.9 Å². The molecule has 0 N–H and O–H groups in total. The molecule has 3 rings (SSSR count). The monoisotopic (exact) mass is 388 g/mol. The third-order valence-electron chi connectivity index (χ3n) is 3.39. The van der Waals surface area contributed by atoms with E-state index in [-0.39, 0.29) is 5.95 Å². The Hall–Kier alpha value is -1.97. The van der Waals surface area contributed by atoms with Crippen molar-refractivity contribution in [3.05, 3.63) is 34.8 Å². The van der Waals surface area contributed by atoms with Crippen LogP contribution in [0, 0.1) is 0 Å². The van der Waals surface area contributed by atoms with Crippen molar-refractivity contribution in [3.63, 3.8) is 0 Å². The Balaban J connectivity index is 1.68. The fourth-order valence-corrected chi connectivity index (χ4v) is 2.44. The van der Waals surface area contributed by atoms with Gasteiger partial charge < -0.3 is 9.80 Å². The van der Waals surface area contributed by atoms with Crippen LogP contribution in [-0.2, 0) is 6.18 Å². The molecule has 0 saturated carbocycles. The van der Waals surface area contributed by atoms with Gasteiger partial charge in [-0.25, -0.2) is 19.9 Å². The van der Waals surface area contributed by atoms with Gasteiger partial charge in [-0.3, -0.25) is 0 Å². The average molecular weight is 389 g/mol. The highest BCUT2D eigenvalue weighted by Crippen LogP contribution is 2.28. The van der Waals surface area contributed by atoms with E-state index in [1.807, 2.05) is 4.90 Å². The molecule has 0 aliphatic carbocycles. The fraction of sp³-hybridized carbons (Fsp3) is 0.385. The third-order valence-corrected chi connectivity index (χ3v) is 3.79. The largest absolute Gasteiger partial charge is 0.433 e. The van der Waals surface area contributed by atoms with Crippen molar-refractivity contribution in [2.45, 2.75) is 6.18 Å². The second-order valence-corrected chi connectivity index (χ2v) is 5.83. The van der Waals surface area contributed by atoms with Gasteiger partial charge in [0.25, 0.3) is 0 Å². The first kappa shape index (κ1) is 15.9. The molecule has 2 aromatic heterocycles. The molecule has 23 heavy (non-hydrogen) atoms. The molecule has 0 aromatic carbocycles. The average Bonchev–Trinajstić information content (AvgIpc) is 2.55. The number of nitrogens with zero attached hydrogens (tertiary/aromatic N) is 6. The topological polar surface area (TPSA) is 58.0 Å². The molecule has 3 heterocycles. The minimum atomic E-state index is -4.47. The minimum absolute atomic E-state index is 0.0937. The maximum absolute atomic E-state index is 12.7. The minimum Gasteiger partial charge on any atom is -0.337 e. The zero-order valence-electron chi connectivity index (χ0n) is 11.8. The van der Waals surface area contributed by atoms with E-state index in [0.717, 1.165) is 16.7 Å². The Labute approximate surface area is 138 Å². The maximum Gasteiger partial charge on any atom is 0.433 e. The standard InChI is InChI=1S/C13H12BrF3N6/c14-9-7-19-11(20-8-9)22-3-5-23(6-4-22)12-18-2-1-10(21-12)13(15,16)17/h1-2,7-8H,3-6H2. The summed E-state index contributed by atoms with van der Waals surface area (Å²) in [5.74, 6) is 0.689. The first-order valence-electron chi connectivity index (χ1n) is 6.81. The molecule has 122 valence electrons. The first-order chi connectivity index (χ1) is 10.9. The molecular weight excluding hydrogens is 377 g/mol. The lowest BCUT2D eigenvalue weighted by atomic mass is 10.3. The van der Waals surface area contributed by atoms with Gasteiger partial charge in [0.05, 0.1) is 4.47 Å². The summed E-state index contributed by atoms with van der Waals surface area (Å²) in [6.07, 6.45) is -0.0185. The normalized spacial score (nSPS) is 15.8. The predicted molar refractivity (Wildman–Crippen MR) is 81.2 cm³/mol. The Morgan fingerprint density at radius 2 is 1.48 bits per heavy atom. The predicted octanol–water partition coefficient (Wildman–Crippen LogP) is 2.37. The number of rotatable bonds is 2. The van der Waals surface area contributed by atoms with E-state index >= 15 is 0 Å². The molecule has 1 aliphatic heterocycles. The van der Waals surface area contributed by atoms with Crippen LogP contribution in [0.5, 0.6) is 0 Å². The van der Waals surface area contributed by atoms with Crippen molar-refractivity contribution >= 4 is 27.8 Å². The van der Waals surface area contributed by atoms with Crippen molar-refractivity contribution in [1.82, 2.24) is 19.9 Å². The second-order valence-electron chi connectivity index (χ2n) is 4.92. The molecule has 6 nitrogen and oxygen atoms in total. The van der Waals surface area contributed by atoms with Crippen LogP contribution in [0.2, 0.25) is 0 Å². The van der Waals surface area contributed by atoms with E-state index in [1.54, 1.807) is 17.3 Å². The second kappa shape index (κ2) is 6.26. The Bertz CT molecular complexity index is 670. The van der Waals surface area contributed by atoms with E-state index in [0.29, 0.717) is 32.1 Å². The number of hydrogen-bond acceptors (Lipinski definition) is 6. The number of aromatic nitrogens is 4. The van der Waals surface area contributed by atoms with E-state index in [2.05, 4.69) is 35.9 Å². The van der Waals surface area contributed by atoms with Gasteiger partial charge in [-0.05, 0) is 22.0 Å². The van der Waals surface area contributed by atoms with Crippen LogP contribution in [0.1, 0.15) is 5.69 Å². The zero-order chi connectivity index (χ0) is 16.4.